The Labute approximate surface area is 177 Å². The zero-order chi connectivity index (χ0) is 20.4. The highest BCUT2D eigenvalue weighted by Crippen LogP contribution is 2.38. The molecule has 0 radical (unpaired) electrons. The minimum atomic E-state index is -0.531. The average molecular weight is 433 g/mol. The fraction of sp³-hybridized carbons (Fsp3) is 0.476. The van der Waals surface area contributed by atoms with Crippen molar-refractivity contribution in [2.75, 3.05) is 11.9 Å². The van der Waals surface area contributed by atoms with Gasteiger partial charge in [0.25, 0.3) is 11.8 Å². The second-order valence-electron chi connectivity index (χ2n) is 7.52. The van der Waals surface area contributed by atoms with Crippen molar-refractivity contribution in [3.05, 3.63) is 37.4 Å². The molecule has 4 rings (SSSR count). The number of rotatable bonds is 5. The molecule has 0 atom stereocenters. The highest BCUT2D eigenvalue weighted by molar-refractivity contribution is 7.17. The molecule has 0 unspecified atom stereocenters. The second-order valence-corrected chi connectivity index (χ2v) is 9.77. The largest absolute Gasteiger partial charge is 0.451 e. The Morgan fingerprint density at radius 2 is 1.69 bits per heavy atom. The van der Waals surface area contributed by atoms with Gasteiger partial charge in [0.15, 0.2) is 6.61 Å². The number of aryl methyl sites for hydroxylation is 3. The van der Waals surface area contributed by atoms with Gasteiger partial charge >= 0.3 is 5.97 Å². The number of ether oxygens (including phenoxy) is 1. The van der Waals surface area contributed by atoms with Gasteiger partial charge in [0.1, 0.15) is 9.88 Å². The molecule has 0 bridgehead atoms. The van der Waals surface area contributed by atoms with Gasteiger partial charge in [-0.25, -0.2) is 4.79 Å². The molecule has 2 amide bonds. The zero-order valence-corrected chi connectivity index (χ0v) is 17.8. The van der Waals surface area contributed by atoms with Crippen LogP contribution in [0.15, 0.2) is 6.07 Å². The Bertz CT molecular complexity index is 937. The molecule has 0 aromatic carbocycles. The summed E-state index contributed by atoms with van der Waals surface area (Å²) in [6.07, 6.45) is 9.31. The third-order valence-electron chi connectivity index (χ3n) is 5.45. The first-order valence-electron chi connectivity index (χ1n) is 10.1. The third kappa shape index (κ3) is 4.38. The molecule has 0 saturated carbocycles. The number of hydrogen-bond acceptors (Lipinski definition) is 6. The van der Waals surface area contributed by atoms with Crippen LogP contribution in [0, 0.1) is 0 Å². The number of primary amides is 1. The molecule has 0 aliphatic heterocycles. The van der Waals surface area contributed by atoms with Gasteiger partial charge in [-0.3, -0.25) is 9.59 Å². The number of carbonyl (C=O) groups excluding carboxylic acids is 3. The average Bonchev–Trinajstić information content (AvgIpc) is 3.20. The van der Waals surface area contributed by atoms with E-state index in [4.69, 9.17) is 10.5 Å². The second kappa shape index (κ2) is 8.67. The van der Waals surface area contributed by atoms with E-state index in [0.29, 0.717) is 15.4 Å². The smallest absolute Gasteiger partial charge is 0.348 e. The van der Waals surface area contributed by atoms with Gasteiger partial charge in [-0.15, -0.1) is 22.7 Å². The van der Waals surface area contributed by atoms with Crippen LogP contribution in [0.1, 0.15) is 73.0 Å². The summed E-state index contributed by atoms with van der Waals surface area (Å²) in [4.78, 5) is 39.5. The summed E-state index contributed by atoms with van der Waals surface area (Å²) in [5.74, 6) is -1.46. The van der Waals surface area contributed by atoms with Gasteiger partial charge in [0, 0.05) is 9.75 Å². The van der Waals surface area contributed by atoms with Crippen molar-refractivity contribution < 1.29 is 19.1 Å². The van der Waals surface area contributed by atoms with Crippen molar-refractivity contribution in [2.24, 2.45) is 5.73 Å². The van der Waals surface area contributed by atoms with Crippen LogP contribution >= 0.6 is 22.7 Å². The van der Waals surface area contributed by atoms with Crippen LogP contribution in [0.4, 0.5) is 5.00 Å². The third-order valence-corrected chi connectivity index (χ3v) is 7.88. The predicted octanol–water partition coefficient (Wildman–Crippen LogP) is 3.85. The molecule has 0 saturated heterocycles. The van der Waals surface area contributed by atoms with Crippen LogP contribution in [0.2, 0.25) is 0 Å². The number of esters is 1. The fourth-order valence-electron chi connectivity index (χ4n) is 4.05. The molecule has 2 aliphatic carbocycles. The Kier molecular flexibility index (Phi) is 6.01. The topological polar surface area (TPSA) is 98.5 Å². The number of carbonyl (C=O) groups is 3. The highest BCUT2D eigenvalue weighted by atomic mass is 32.1. The summed E-state index contributed by atoms with van der Waals surface area (Å²) in [6.45, 7) is -0.387. The van der Waals surface area contributed by atoms with Crippen molar-refractivity contribution in [3.8, 4) is 0 Å². The van der Waals surface area contributed by atoms with Crippen LogP contribution in [-0.4, -0.2) is 24.4 Å². The first kappa shape index (κ1) is 20.1. The van der Waals surface area contributed by atoms with Crippen LogP contribution < -0.4 is 11.1 Å². The number of thiophene rings is 2. The lowest BCUT2D eigenvalue weighted by atomic mass is 9.95. The maximum Gasteiger partial charge on any atom is 0.348 e. The van der Waals surface area contributed by atoms with Crippen LogP contribution in [0.5, 0.6) is 0 Å². The molecule has 2 heterocycles. The molecule has 6 nitrogen and oxygen atoms in total. The van der Waals surface area contributed by atoms with Gasteiger partial charge in [-0.05, 0) is 68.6 Å². The SMILES string of the molecule is NC(=O)c1c(NC(=O)COC(=O)c2cc3c(s2)CCCCC3)sc2c1CCCC2. The highest BCUT2D eigenvalue weighted by Gasteiger charge is 2.25. The summed E-state index contributed by atoms with van der Waals surface area (Å²) in [6, 6.07) is 1.91. The molecule has 2 aromatic rings. The van der Waals surface area contributed by atoms with E-state index in [-0.39, 0.29) is 6.61 Å². The molecule has 0 fully saturated rings. The summed E-state index contributed by atoms with van der Waals surface area (Å²) in [5, 5.41) is 3.18. The molecule has 2 aliphatic rings. The maximum absolute atomic E-state index is 12.4. The van der Waals surface area contributed by atoms with Crippen LogP contribution in [0.3, 0.4) is 0 Å². The van der Waals surface area contributed by atoms with Gasteiger partial charge in [-0.1, -0.05) is 6.42 Å². The van der Waals surface area contributed by atoms with Crippen molar-refractivity contribution in [3.63, 3.8) is 0 Å². The normalized spacial score (nSPS) is 15.7. The molecule has 29 heavy (non-hydrogen) atoms. The Morgan fingerprint density at radius 3 is 2.52 bits per heavy atom. The van der Waals surface area contributed by atoms with Crippen LogP contribution in [-0.2, 0) is 35.2 Å². The first-order chi connectivity index (χ1) is 14.0. The number of nitrogens with two attached hydrogens (primary N) is 1. The molecular weight excluding hydrogens is 408 g/mol. The number of nitrogens with one attached hydrogen (secondary N) is 1. The van der Waals surface area contributed by atoms with Gasteiger partial charge < -0.3 is 15.8 Å². The molecule has 0 spiro atoms. The van der Waals surface area contributed by atoms with Crippen molar-refractivity contribution in [1.82, 2.24) is 0 Å². The van der Waals surface area contributed by atoms with Crippen molar-refractivity contribution >= 4 is 45.5 Å². The summed E-state index contributed by atoms with van der Waals surface area (Å²) in [5.41, 5.74) is 8.15. The van der Waals surface area contributed by atoms with Crippen molar-refractivity contribution in [2.45, 2.75) is 57.8 Å². The minimum Gasteiger partial charge on any atom is -0.451 e. The number of fused-ring (bicyclic) bond motifs is 2. The van der Waals surface area contributed by atoms with Gasteiger partial charge in [0.2, 0.25) is 0 Å². The number of hydrogen-bond donors (Lipinski definition) is 2. The lowest BCUT2D eigenvalue weighted by Crippen LogP contribution is -2.22. The Hall–Kier alpha value is -2.19. The summed E-state index contributed by atoms with van der Waals surface area (Å²) < 4.78 is 5.22. The number of amides is 2. The standard InChI is InChI=1S/C21H24N2O4S2/c22-19(25)18-13-7-4-5-9-15(13)29-20(18)23-17(24)11-27-21(26)16-10-12-6-2-1-3-8-14(12)28-16/h10H,1-9,11H2,(H2,22,25)(H,23,24). The predicted molar refractivity (Wildman–Crippen MR) is 114 cm³/mol. The summed E-state index contributed by atoms with van der Waals surface area (Å²) in [7, 11) is 0. The van der Waals surface area contributed by atoms with Crippen LogP contribution in [0.25, 0.3) is 0 Å². The quantitative estimate of drug-likeness (QED) is 0.554. The molecule has 2 aromatic heterocycles. The molecular formula is C21H24N2O4S2. The van der Waals surface area contributed by atoms with E-state index in [1.54, 1.807) is 0 Å². The fourth-order valence-corrected chi connectivity index (χ4v) is 6.51. The lowest BCUT2D eigenvalue weighted by molar-refractivity contribution is -0.119. The van der Waals surface area contributed by atoms with E-state index in [9.17, 15) is 14.4 Å². The van der Waals surface area contributed by atoms with E-state index in [1.807, 2.05) is 6.07 Å². The molecule has 8 heteroatoms. The van der Waals surface area contributed by atoms with E-state index in [0.717, 1.165) is 61.8 Å². The number of anilines is 1. The summed E-state index contributed by atoms with van der Waals surface area (Å²) >= 11 is 2.87. The monoisotopic (exact) mass is 432 g/mol. The first-order valence-corrected chi connectivity index (χ1v) is 11.7. The maximum atomic E-state index is 12.4. The minimum absolute atomic E-state index is 0.387. The van der Waals surface area contributed by atoms with Gasteiger partial charge in [-0.2, -0.15) is 0 Å². The Morgan fingerprint density at radius 1 is 0.966 bits per heavy atom. The Balaban J connectivity index is 1.39. The molecule has 3 N–H and O–H groups in total. The van der Waals surface area contributed by atoms with E-state index < -0.39 is 17.8 Å². The molecule has 154 valence electrons. The van der Waals surface area contributed by atoms with Gasteiger partial charge in [0.05, 0.1) is 5.56 Å². The van der Waals surface area contributed by atoms with E-state index in [1.165, 1.54) is 39.5 Å². The lowest BCUT2D eigenvalue weighted by Gasteiger charge is -2.11. The van der Waals surface area contributed by atoms with E-state index >= 15 is 0 Å². The zero-order valence-electron chi connectivity index (χ0n) is 16.2. The van der Waals surface area contributed by atoms with Crippen molar-refractivity contribution in [1.29, 1.82) is 0 Å². The van der Waals surface area contributed by atoms with E-state index in [2.05, 4.69) is 5.32 Å².